The molecule has 0 aliphatic carbocycles. The van der Waals surface area contributed by atoms with Crippen molar-refractivity contribution in [2.75, 3.05) is 11.5 Å². The predicted octanol–water partition coefficient (Wildman–Crippen LogP) is 7.21. The fourth-order valence-electron chi connectivity index (χ4n) is 4.50. The molecule has 0 aromatic heterocycles. The van der Waals surface area contributed by atoms with Crippen molar-refractivity contribution in [3.8, 4) is 5.75 Å². The van der Waals surface area contributed by atoms with E-state index < -0.39 is 29.5 Å². The minimum absolute atomic E-state index is 0.114. The summed E-state index contributed by atoms with van der Waals surface area (Å²) in [6, 6.07) is 16.6. The van der Waals surface area contributed by atoms with Crippen LogP contribution < -0.4 is 9.64 Å². The van der Waals surface area contributed by atoms with Crippen LogP contribution in [0, 0.1) is 6.92 Å². The number of ether oxygens (including phenoxy) is 1. The maximum absolute atomic E-state index is 13.3. The van der Waals surface area contributed by atoms with E-state index in [2.05, 4.69) is 6.92 Å². The van der Waals surface area contributed by atoms with Crippen molar-refractivity contribution in [1.82, 2.24) is 0 Å². The molecule has 1 atom stereocenters. The van der Waals surface area contributed by atoms with Crippen molar-refractivity contribution in [3.63, 3.8) is 0 Å². The Morgan fingerprint density at radius 3 is 2.21 bits per heavy atom. The largest absolute Gasteiger partial charge is 0.507 e. The van der Waals surface area contributed by atoms with Gasteiger partial charge in [-0.1, -0.05) is 44.0 Å². The van der Waals surface area contributed by atoms with Gasteiger partial charge >= 0.3 is 6.18 Å². The van der Waals surface area contributed by atoms with Gasteiger partial charge in [0.25, 0.3) is 11.7 Å². The summed E-state index contributed by atoms with van der Waals surface area (Å²) >= 11 is 0. The van der Waals surface area contributed by atoms with Crippen molar-refractivity contribution in [1.29, 1.82) is 0 Å². The van der Waals surface area contributed by atoms with E-state index in [-0.39, 0.29) is 17.0 Å². The normalized spacial score (nSPS) is 17.2. The van der Waals surface area contributed by atoms with Gasteiger partial charge in [-0.25, -0.2) is 0 Å². The van der Waals surface area contributed by atoms with Crippen LogP contribution in [0.2, 0.25) is 0 Å². The second-order valence-corrected chi connectivity index (χ2v) is 9.15. The van der Waals surface area contributed by atoms with E-state index >= 15 is 0 Å². The number of unbranched alkanes of at least 4 members (excludes halogenated alkanes) is 2. The molecular formula is C30H28F3NO4. The van der Waals surface area contributed by atoms with Crippen LogP contribution in [0.25, 0.3) is 5.76 Å². The average molecular weight is 524 g/mol. The molecule has 1 aliphatic heterocycles. The molecule has 1 saturated heterocycles. The first kappa shape index (κ1) is 27.0. The minimum atomic E-state index is -4.55. The van der Waals surface area contributed by atoms with E-state index in [0.717, 1.165) is 54.0 Å². The highest BCUT2D eigenvalue weighted by atomic mass is 19.4. The van der Waals surface area contributed by atoms with E-state index in [1.807, 2.05) is 0 Å². The third kappa shape index (κ3) is 5.44. The Kier molecular flexibility index (Phi) is 7.90. The third-order valence-corrected chi connectivity index (χ3v) is 6.54. The molecule has 198 valence electrons. The van der Waals surface area contributed by atoms with Gasteiger partial charge in [-0.15, -0.1) is 0 Å². The van der Waals surface area contributed by atoms with Gasteiger partial charge in [-0.3, -0.25) is 14.5 Å². The van der Waals surface area contributed by atoms with E-state index in [0.29, 0.717) is 23.5 Å². The average Bonchev–Trinajstić information content (AvgIpc) is 3.16. The summed E-state index contributed by atoms with van der Waals surface area (Å²) in [7, 11) is 0. The molecular weight excluding hydrogens is 495 g/mol. The lowest BCUT2D eigenvalue weighted by Gasteiger charge is -2.27. The van der Waals surface area contributed by atoms with Gasteiger partial charge < -0.3 is 9.84 Å². The Balaban J connectivity index is 1.77. The van der Waals surface area contributed by atoms with E-state index in [1.54, 1.807) is 55.5 Å². The zero-order chi connectivity index (χ0) is 27.4. The second-order valence-electron chi connectivity index (χ2n) is 9.15. The van der Waals surface area contributed by atoms with Crippen LogP contribution in [0.15, 0.2) is 78.4 Å². The molecule has 38 heavy (non-hydrogen) atoms. The number of hydrogen-bond donors (Lipinski definition) is 1. The summed E-state index contributed by atoms with van der Waals surface area (Å²) in [5.41, 5.74) is 0.739. The number of anilines is 1. The standard InChI is InChI=1S/C30H28F3NO4/c1-3-4-7-18-38-23-16-10-20(11-17-23)27(35)25-26(24-9-6-5-8-19(24)2)34(29(37)28(25)36)22-14-12-21(13-15-22)30(31,32)33/h5-6,8-17,26,35H,3-4,7,18H2,1-2H3/b27-25+. The number of aliphatic hydroxyl groups excluding tert-OH is 1. The molecule has 3 aromatic carbocycles. The van der Waals surface area contributed by atoms with Crippen LogP contribution in [0.3, 0.4) is 0 Å². The lowest BCUT2D eigenvalue weighted by molar-refractivity contribution is -0.137. The molecule has 4 rings (SSSR count). The van der Waals surface area contributed by atoms with Crippen molar-refractivity contribution >= 4 is 23.1 Å². The molecule has 5 nitrogen and oxygen atoms in total. The first-order valence-corrected chi connectivity index (χ1v) is 12.4. The fraction of sp³-hybridized carbons (Fsp3) is 0.267. The molecule has 1 N–H and O–H groups in total. The highest BCUT2D eigenvalue weighted by Gasteiger charge is 2.47. The number of rotatable bonds is 8. The molecule has 1 amide bonds. The van der Waals surface area contributed by atoms with Crippen LogP contribution >= 0.6 is 0 Å². The maximum Gasteiger partial charge on any atom is 0.416 e. The molecule has 0 spiro atoms. The summed E-state index contributed by atoms with van der Waals surface area (Å²) in [5, 5.41) is 11.3. The first-order valence-electron chi connectivity index (χ1n) is 12.4. The van der Waals surface area contributed by atoms with Gasteiger partial charge in [0.15, 0.2) is 0 Å². The lowest BCUT2D eigenvalue weighted by Crippen LogP contribution is -2.29. The smallest absolute Gasteiger partial charge is 0.416 e. The predicted molar refractivity (Wildman–Crippen MR) is 139 cm³/mol. The van der Waals surface area contributed by atoms with Gasteiger partial charge in [0.1, 0.15) is 11.5 Å². The van der Waals surface area contributed by atoms with Crippen LogP contribution in [-0.4, -0.2) is 23.4 Å². The number of benzene rings is 3. The number of alkyl halides is 3. The quantitative estimate of drug-likeness (QED) is 0.147. The summed E-state index contributed by atoms with van der Waals surface area (Å²) in [6.07, 6.45) is -1.51. The van der Waals surface area contributed by atoms with Crippen molar-refractivity contribution in [2.45, 2.75) is 45.3 Å². The number of carbonyl (C=O) groups is 2. The number of Topliss-reactive ketones (excluding diaryl/α,β-unsaturated/α-hetero) is 1. The summed E-state index contributed by atoms with van der Waals surface area (Å²) in [5.74, 6) is -1.62. The van der Waals surface area contributed by atoms with Gasteiger partial charge in [0.05, 0.1) is 23.8 Å². The molecule has 3 aromatic rings. The zero-order valence-corrected chi connectivity index (χ0v) is 21.1. The van der Waals surface area contributed by atoms with Crippen LogP contribution in [-0.2, 0) is 15.8 Å². The number of amides is 1. The van der Waals surface area contributed by atoms with Crippen LogP contribution in [0.4, 0.5) is 18.9 Å². The van der Waals surface area contributed by atoms with E-state index in [1.165, 1.54) is 0 Å². The Labute approximate surface area is 219 Å². The Morgan fingerprint density at radius 2 is 1.61 bits per heavy atom. The molecule has 0 bridgehead atoms. The number of halogens is 3. The van der Waals surface area contributed by atoms with Crippen molar-refractivity contribution < 1.29 is 32.6 Å². The number of hydrogen-bond acceptors (Lipinski definition) is 4. The van der Waals surface area contributed by atoms with Crippen molar-refractivity contribution in [2.24, 2.45) is 0 Å². The molecule has 1 heterocycles. The Morgan fingerprint density at radius 1 is 0.947 bits per heavy atom. The Bertz CT molecular complexity index is 1350. The monoisotopic (exact) mass is 523 g/mol. The number of carbonyl (C=O) groups excluding carboxylic acids is 2. The van der Waals surface area contributed by atoms with Gasteiger partial charge in [0.2, 0.25) is 0 Å². The lowest BCUT2D eigenvalue weighted by atomic mass is 9.92. The SMILES string of the molecule is CCCCCOc1ccc(/C(O)=C2\C(=O)C(=O)N(c3ccc(C(F)(F)F)cc3)C2c2ccccc2C)cc1. The third-order valence-electron chi connectivity index (χ3n) is 6.54. The first-order chi connectivity index (χ1) is 18.1. The van der Waals surface area contributed by atoms with Gasteiger partial charge in [-0.2, -0.15) is 13.2 Å². The number of ketones is 1. The number of aliphatic hydroxyl groups is 1. The molecule has 1 aliphatic rings. The molecule has 8 heteroatoms. The Hall–Kier alpha value is -4.07. The summed E-state index contributed by atoms with van der Waals surface area (Å²) < 4.78 is 45.1. The second kappa shape index (κ2) is 11.1. The fourth-order valence-corrected chi connectivity index (χ4v) is 4.50. The molecule has 0 saturated carbocycles. The molecule has 1 fully saturated rings. The van der Waals surface area contributed by atoms with Crippen LogP contribution in [0.5, 0.6) is 5.75 Å². The van der Waals surface area contributed by atoms with Gasteiger partial charge in [-0.05, 0) is 73.0 Å². The number of aryl methyl sites for hydroxylation is 1. The summed E-state index contributed by atoms with van der Waals surface area (Å²) in [6.45, 7) is 4.46. The highest BCUT2D eigenvalue weighted by molar-refractivity contribution is 6.51. The van der Waals surface area contributed by atoms with Crippen LogP contribution in [0.1, 0.15) is 54.5 Å². The topological polar surface area (TPSA) is 66.8 Å². The zero-order valence-electron chi connectivity index (χ0n) is 21.1. The van der Waals surface area contributed by atoms with Gasteiger partial charge in [0, 0.05) is 11.3 Å². The number of nitrogens with zero attached hydrogens (tertiary/aromatic N) is 1. The molecule has 1 unspecified atom stereocenters. The molecule has 0 radical (unpaired) electrons. The van der Waals surface area contributed by atoms with Crippen molar-refractivity contribution in [3.05, 3.63) is 101 Å². The van der Waals surface area contributed by atoms with E-state index in [9.17, 15) is 27.9 Å². The maximum atomic E-state index is 13.3. The minimum Gasteiger partial charge on any atom is -0.507 e. The summed E-state index contributed by atoms with van der Waals surface area (Å²) in [4.78, 5) is 27.7. The van der Waals surface area contributed by atoms with E-state index in [4.69, 9.17) is 4.74 Å². The highest BCUT2D eigenvalue weighted by Crippen LogP contribution is 2.43.